The van der Waals surface area contributed by atoms with Crippen molar-refractivity contribution in [1.29, 1.82) is 0 Å². The van der Waals surface area contributed by atoms with Crippen LogP contribution in [0.15, 0.2) is 40.9 Å². The second kappa shape index (κ2) is 8.01. The van der Waals surface area contributed by atoms with Gasteiger partial charge in [0.05, 0.1) is 12.8 Å². The summed E-state index contributed by atoms with van der Waals surface area (Å²) in [5.74, 6) is 0.0134. The molecule has 0 N–H and O–H groups in total. The van der Waals surface area contributed by atoms with Crippen LogP contribution in [0.5, 0.6) is 0 Å². The first-order chi connectivity index (χ1) is 10.3. The molecule has 0 atom stereocenters. The minimum absolute atomic E-state index is 0.0604. The number of benzene rings is 1. The van der Waals surface area contributed by atoms with E-state index in [1.165, 1.54) is 11.8 Å². The van der Waals surface area contributed by atoms with Gasteiger partial charge in [-0.1, -0.05) is 43.2 Å². The molecule has 21 heavy (non-hydrogen) atoms. The molecule has 0 radical (unpaired) electrons. The van der Waals surface area contributed by atoms with Crippen LogP contribution >= 0.6 is 0 Å². The van der Waals surface area contributed by atoms with Crippen molar-refractivity contribution in [1.82, 2.24) is 4.98 Å². The molecule has 0 fully saturated rings. The Kier molecular flexibility index (Phi) is 5.71. The molecule has 4 nitrogen and oxygen atoms in total. The van der Waals surface area contributed by atoms with Crippen LogP contribution in [-0.2, 0) is 6.42 Å². The van der Waals surface area contributed by atoms with E-state index in [9.17, 15) is 4.79 Å². The Morgan fingerprint density at radius 2 is 1.90 bits per heavy atom. The SMILES string of the molecule is [C-]#[N+]c1cnc(C(=O)CCCCCCc2ccccc2)o1. The molecule has 0 amide bonds. The van der Waals surface area contributed by atoms with Crippen molar-refractivity contribution in [2.24, 2.45) is 0 Å². The van der Waals surface area contributed by atoms with Gasteiger partial charge in [-0.3, -0.25) is 4.79 Å². The summed E-state index contributed by atoms with van der Waals surface area (Å²) in [4.78, 5) is 18.7. The van der Waals surface area contributed by atoms with Gasteiger partial charge in [-0.25, -0.2) is 4.98 Å². The average Bonchev–Trinajstić information content (AvgIpc) is 3.00. The van der Waals surface area contributed by atoms with Crippen LogP contribution < -0.4 is 0 Å². The van der Waals surface area contributed by atoms with Gasteiger partial charge < -0.3 is 4.42 Å². The van der Waals surface area contributed by atoms with Crippen LogP contribution in [0.4, 0.5) is 5.88 Å². The number of aryl methyl sites for hydroxylation is 1. The van der Waals surface area contributed by atoms with Crippen molar-refractivity contribution in [3.05, 3.63) is 59.4 Å². The zero-order chi connectivity index (χ0) is 14.9. The van der Waals surface area contributed by atoms with Crippen molar-refractivity contribution in [3.8, 4) is 0 Å². The Morgan fingerprint density at radius 1 is 1.14 bits per heavy atom. The maximum Gasteiger partial charge on any atom is 0.365 e. The van der Waals surface area contributed by atoms with Crippen LogP contribution in [0.2, 0.25) is 0 Å². The van der Waals surface area contributed by atoms with Gasteiger partial charge >= 0.3 is 5.88 Å². The van der Waals surface area contributed by atoms with Gasteiger partial charge in [0.2, 0.25) is 11.7 Å². The van der Waals surface area contributed by atoms with E-state index in [-0.39, 0.29) is 17.6 Å². The number of rotatable bonds is 8. The van der Waals surface area contributed by atoms with Gasteiger partial charge in [0.25, 0.3) is 0 Å². The topological polar surface area (TPSA) is 47.5 Å². The van der Waals surface area contributed by atoms with E-state index in [0.717, 1.165) is 32.1 Å². The molecule has 2 aromatic rings. The Bertz CT molecular complexity index is 611. The fourth-order valence-corrected chi connectivity index (χ4v) is 2.17. The Morgan fingerprint density at radius 3 is 2.62 bits per heavy atom. The van der Waals surface area contributed by atoms with E-state index in [4.69, 9.17) is 11.0 Å². The first-order valence-corrected chi connectivity index (χ1v) is 7.20. The smallest absolute Gasteiger partial charge is 0.365 e. The lowest BCUT2D eigenvalue weighted by Crippen LogP contribution is -1.98. The fraction of sp³-hybridized carbons (Fsp3) is 0.353. The monoisotopic (exact) mass is 282 g/mol. The van der Waals surface area contributed by atoms with Gasteiger partial charge in [0.1, 0.15) is 0 Å². The van der Waals surface area contributed by atoms with Crippen LogP contribution in [0.25, 0.3) is 4.85 Å². The van der Waals surface area contributed by atoms with Crippen molar-refractivity contribution in [2.45, 2.75) is 38.5 Å². The molecule has 0 unspecified atom stereocenters. The highest BCUT2D eigenvalue weighted by atomic mass is 16.4. The summed E-state index contributed by atoms with van der Waals surface area (Å²) in [5, 5.41) is 0. The van der Waals surface area contributed by atoms with Crippen molar-refractivity contribution >= 4 is 11.7 Å². The Hall–Kier alpha value is -2.41. The second-order valence-corrected chi connectivity index (χ2v) is 4.94. The number of unbranched alkanes of at least 4 members (excludes halogenated alkanes) is 3. The molecule has 0 spiro atoms. The fourth-order valence-electron chi connectivity index (χ4n) is 2.17. The molecule has 1 aromatic carbocycles. The molecule has 4 heteroatoms. The van der Waals surface area contributed by atoms with Gasteiger partial charge in [-0.15, -0.1) is 0 Å². The van der Waals surface area contributed by atoms with Gasteiger partial charge in [0, 0.05) is 6.42 Å². The summed E-state index contributed by atoms with van der Waals surface area (Å²) in [7, 11) is 0. The summed E-state index contributed by atoms with van der Waals surface area (Å²) >= 11 is 0. The van der Waals surface area contributed by atoms with Crippen LogP contribution in [-0.4, -0.2) is 10.8 Å². The number of carbonyl (C=O) groups is 1. The number of nitrogens with zero attached hydrogens (tertiary/aromatic N) is 2. The number of ketones is 1. The lowest BCUT2D eigenvalue weighted by atomic mass is 10.0. The third-order valence-electron chi connectivity index (χ3n) is 3.30. The predicted octanol–water partition coefficient (Wildman–Crippen LogP) is 4.60. The zero-order valence-corrected chi connectivity index (χ0v) is 11.9. The minimum Gasteiger partial charge on any atom is -0.461 e. The third kappa shape index (κ3) is 4.88. The summed E-state index contributed by atoms with van der Waals surface area (Å²) < 4.78 is 5.02. The molecule has 0 saturated heterocycles. The normalized spacial score (nSPS) is 10.2. The van der Waals surface area contributed by atoms with E-state index < -0.39 is 0 Å². The van der Waals surface area contributed by atoms with E-state index in [0.29, 0.717) is 6.42 Å². The first kappa shape index (κ1) is 15.0. The van der Waals surface area contributed by atoms with Crippen molar-refractivity contribution < 1.29 is 9.21 Å². The van der Waals surface area contributed by atoms with Crippen molar-refractivity contribution in [2.75, 3.05) is 0 Å². The highest BCUT2D eigenvalue weighted by Gasteiger charge is 2.12. The van der Waals surface area contributed by atoms with Gasteiger partial charge in [-0.2, -0.15) is 4.85 Å². The standard InChI is InChI=1S/C17H18N2O2/c1-18-16-13-19-17(21-16)15(20)12-8-3-2-5-9-14-10-6-4-7-11-14/h4,6-7,10-11,13H,2-3,5,8-9,12H2. The van der Waals surface area contributed by atoms with E-state index in [2.05, 4.69) is 34.1 Å². The van der Waals surface area contributed by atoms with Crippen LogP contribution in [0.3, 0.4) is 0 Å². The first-order valence-electron chi connectivity index (χ1n) is 7.20. The van der Waals surface area contributed by atoms with E-state index >= 15 is 0 Å². The maximum atomic E-state index is 11.8. The maximum absolute atomic E-state index is 11.8. The van der Waals surface area contributed by atoms with Crippen LogP contribution in [0.1, 0.15) is 48.4 Å². The predicted molar refractivity (Wildman–Crippen MR) is 80.3 cm³/mol. The minimum atomic E-state index is -0.118. The molecular weight excluding hydrogens is 264 g/mol. The van der Waals surface area contributed by atoms with E-state index in [1.807, 2.05) is 6.07 Å². The molecule has 0 aliphatic carbocycles. The third-order valence-corrected chi connectivity index (χ3v) is 3.30. The second-order valence-electron chi connectivity index (χ2n) is 4.94. The number of hydrogen-bond acceptors (Lipinski definition) is 3. The molecule has 0 saturated carbocycles. The molecule has 0 aliphatic rings. The molecule has 0 aliphatic heterocycles. The summed E-state index contributed by atoms with van der Waals surface area (Å²) in [5.41, 5.74) is 1.36. The Balaban J connectivity index is 1.59. The molecule has 2 rings (SSSR count). The zero-order valence-electron chi connectivity index (χ0n) is 11.9. The number of aromatic nitrogens is 1. The number of Topliss-reactive ketones (excluding diaryl/α,β-unsaturated/α-hetero) is 1. The molecule has 0 bridgehead atoms. The van der Waals surface area contributed by atoms with Crippen molar-refractivity contribution in [3.63, 3.8) is 0 Å². The van der Waals surface area contributed by atoms with Gasteiger partial charge in [-0.05, 0) is 24.8 Å². The summed E-state index contributed by atoms with van der Waals surface area (Å²) in [6, 6.07) is 10.4. The Labute approximate surface area is 124 Å². The molecule has 1 aromatic heterocycles. The molecular formula is C17H18N2O2. The van der Waals surface area contributed by atoms with Gasteiger partial charge in [0.15, 0.2) is 0 Å². The summed E-state index contributed by atoms with van der Waals surface area (Å²) in [6.07, 6.45) is 6.92. The highest BCUT2D eigenvalue weighted by molar-refractivity contribution is 5.91. The number of hydrogen-bond donors (Lipinski definition) is 0. The summed E-state index contributed by atoms with van der Waals surface area (Å²) in [6.45, 7) is 6.76. The largest absolute Gasteiger partial charge is 0.461 e. The average molecular weight is 282 g/mol. The lowest BCUT2D eigenvalue weighted by molar-refractivity contribution is 0.0946. The quantitative estimate of drug-likeness (QED) is 0.404. The van der Waals surface area contributed by atoms with E-state index in [1.54, 1.807) is 0 Å². The lowest BCUT2D eigenvalue weighted by Gasteiger charge is -2.01. The number of carbonyl (C=O) groups excluding carboxylic acids is 1. The highest BCUT2D eigenvalue weighted by Crippen LogP contribution is 2.16. The number of oxazole rings is 1. The van der Waals surface area contributed by atoms with Crippen LogP contribution in [0, 0.1) is 6.57 Å². The molecule has 108 valence electrons. The molecule has 1 heterocycles.